The number of urea groups is 1. The number of carbonyl (C=O) groups is 3. The lowest BCUT2D eigenvalue weighted by atomic mass is 9.87. The van der Waals surface area contributed by atoms with Gasteiger partial charge in [0.1, 0.15) is 5.54 Å². The van der Waals surface area contributed by atoms with Gasteiger partial charge in [-0.15, -0.1) is 0 Å². The quantitative estimate of drug-likeness (QED) is 0.413. The fourth-order valence-corrected chi connectivity index (χ4v) is 4.99. The van der Waals surface area contributed by atoms with Crippen LogP contribution in [-0.2, 0) is 4.79 Å². The molecule has 3 aromatic rings. The molecule has 2 aromatic carbocycles. The Labute approximate surface area is 213 Å². The van der Waals surface area contributed by atoms with Crippen LogP contribution in [0.25, 0.3) is 17.8 Å². The summed E-state index contributed by atoms with van der Waals surface area (Å²) in [6, 6.07) is 15.1. The molecule has 1 spiro atoms. The van der Waals surface area contributed by atoms with Crippen molar-refractivity contribution in [1.82, 2.24) is 25.3 Å². The molecule has 5 rings (SSSR count). The first-order chi connectivity index (χ1) is 17.3. The van der Waals surface area contributed by atoms with E-state index in [-0.39, 0.29) is 11.8 Å². The third-order valence-corrected chi connectivity index (χ3v) is 7.13. The van der Waals surface area contributed by atoms with Crippen molar-refractivity contribution in [2.24, 2.45) is 0 Å². The maximum absolute atomic E-state index is 13.4. The van der Waals surface area contributed by atoms with Crippen LogP contribution >= 0.6 is 11.6 Å². The first-order valence-electron chi connectivity index (χ1n) is 11.8. The van der Waals surface area contributed by atoms with Crippen molar-refractivity contribution < 1.29 is 14.4 Å². The molecule has 2 N–H and O–H groups in total. The highest BCUT2D eigenvalue weighted by atomic mass is 35.5. The van der Waals surface area contributed by atoms with Gasteiger partial charge >= 0.3 is 6.03 Å². The van der Waals surface area contributed by atoms with Gasteiger partial charge in [-0.25, -0.2) is 9.48 Å². The molecule has 0 saturated carbocycles. The molecular weight excluding hydrogens is 478 g/mol. The number of imide groups is 1. The molecule has 2 aliphatic heterocycles. The lowest BCUT2D eigenvalue weighted by molar-refractivity contribution is -0.125. The van der Waals surface area contributed by atoms with Crippen LogP contribution in [0.15, 0.2) is 48.5 Å². The monoisotopic (exact) mass is 503 g/mol. The third kappa shape index (κ3) is 4.40. The second-order valence-electron chi connectivity index (χ2n) is 9.22. The molecule has 8 nitrogen and oxygen atoms in total. The summed E-state index contributed by atoms with van der Waals surface area (Å²) in [5.74, 6) is -0.431. The predicted octanol–water partition coefficient (Wildman–Crippen LogP) is 4.13. The van der Waals surface area contributed by atoms with Crippen LogP contribution in [0.4, 0.5) is 4.79 Å². The van der Waals surface area contributed by atoms with E-state index in [9.17, 15) is 14.4 Å². The minimum atomic E-state index is -0.915. The average Bonchev–Trinajstić information content (AvgIpc) is 3.32. The lowest BCUT2D eigenvalue weighted by Gasteiger charge is -2.37. The normalized spacial score (nSPS) is 17.0. The van der Waals surface area contributed by atoms with Crippen molar-refractivity contribution >= 4 is 41.6 Å². The van der Waals surface area contributed by atoms with Crippen LogP contribution in [-0.4, -0.2) is 51.2 Å². The van der Waals surface area contributed by atoms with E-state index in [1.807, 2.05) is 74.5 Å². The van der Waals surface area contributed by atoms with Gasteiger partial charge in [0.25, 0.3) is 11.8 Å². The lowest BCUT2D eigenvalue weighted by Crippen LogP contribution is -2.55. The molecule has 0 radical (unpaired) electrons. The molecule has 0 bridgehead atoms. The highest BCUT2D eigenvalue weighted by Crippen LogP contribution is 2.28. The van der Waals surface area contributed by atoms with Gasteiger partial charge in [-0.3, -0.25) is 14.9 Å². The van der Waals surface area contributed by atoms with Crippen LogP contribution in [0.1, 0.15) is 45.7 Å². The van der Waals surface area contributed by atoms with E-state index in [0.717, 1.165) is 22.5 Å². The van der Waals surface area contributed by atoms with Gasteiger partial charge in [0.15, 0.2) is 0 Å². The summed E-state index contributed by atoms with van der Waals surface area (Å²) in [6.07, 6.45) is 4.79. The maximum Gasteiger partial charge on any atom is 0.322 e. The third-order valence-electron chi connectivity index (χ3n) is 6.88. The number of aromatic nitrogens is 2. The molecule has 0 atom stereocenters. The summed E-state index contributed by atoms with van der Waals surface area (Å²) >= 11 is 5.97. The zero-order chi connectivity index (χ0) is 25.4. The second-order valence-corrected chi connectivity index (χ2v) is 9.66. The minimum Gasteiger partial charge on any atom is -0.338 e. The zero-order valence-electron chi connectivity index (χ0n) is 20.0. The number of rotatable bonds is 4. The Morgan fingerprint density at radius 3 is 2.39 bits per heavy atom. The molecule has 3 heterocycles. The molecule has 2 aliphatic rings. The van der Waals surface area contributed by atoms with E-state index in [4.69, 9.17) is 11.6 Å². The highest BCUT2D eigenvalue weighted by Gasteiger charge is 2.48. The molecule has 2 fully saturated rings. The summed E-state index contributed by atoms with van der Waals surface area (Å²) in [6.45, 7) is 4.47. The Morgan fingerprint density at radius 2 is 1.72 bits per heavy atom. The molecular formula is C27H26ClN5O3. The molecule has 0 aliphatic carbocycles. The van der Waals surface area contributed by atoms with Crippen LogP contribution in [0.2, 0.25) is 5.02 Å². The van der Waals surface area contributed by atoms with Crippen molar-refractivity contribution in [3.8, 4) is 5.69 Å². The summed E-state index contributed by atoms with van der Waals surface area (Å²) in [5.41, 5.74) is 3.95. The summed E-state index contributed by atoms with van der Waals surface area (Å²) in [7, 11) is 0. The van der Waals surface area contributed by atoms with Crippen LogP contribution in [0.3, 0.4) is 0 Å². The van der Waals surface area contributed by atoms with E-state index in [2.05, 4.69) is 15.7 Å². The van der Waals surface area contributed by atoms with Crippen LogP contribution in [0.5, 0.6) is 0 Å². The van der Waals surface area contributed by atoms with Crippen molar-refractivity contribution in [2.45, 2.75) is 32.2 Å². The molecule has 184 valence electrons. The van der Waals surface area contributed by atoms with Gasteiger partial charge in [-0.1, -0.05) is 48.0 Å². The van der Waals surface area contributed by atoms with E-state index >= 15 is 0 Å². The smallest absolute Gasteiger partial charge is 0.322 e. The maximum atomic E-state index is 13.4. The standard InChI is InChI=1S/C27H26ClN5O3/c1-17-23(24(34)32-14-12-27(13-15-32)25(35)29-26(36)30-27)18(2)33(31-17)22-5-3-4-20(16-22)7-6-19-8-10-21(28)11-9-19/h3-11,16H,12-15H2,1-2H3,(H2,29,30,35,36). The highest BCUT2D eigenvalue weighted by molar-refractivity contribution is 6.30. The average molecular weight is 504 g/mol. The number of piperidine rings is 1. The van der Waals surface area contributed by atoms with Gasteiger partial charge < -0.3 is 10.2 Å². The van der Waals surface area contributed by atoms with Crippen molar-refractivity contribution in [1.29, 1.82) is 0 Å². The number of halogens is 1. The van der Waals surface area contributed by atoms with Gasteiger partial charge in [0, 0.05) is 18.1 Å². The summed E-state index contributed by atoms with van der Waals surface area (Å²) in [4.78, 5) is 39.0. The molecule has 9 heteroatoms. The van der Waals surface area contributed by atoms with Gasteiger partial charge in [0.05, 0.1) is 22.6 Å². The second kappa shape index (κ2) is 9.28. The molecule has 2 saturated heterocycles. The first-order valence-corrected chi connectivity index (χ1v) is 12.2. The molecule has 36 heavy (non-hydrogen) atoms. The number of aryl methyl sites for hydroxylation is 1. The van der Waals surface area contributed by atoms with Gasteiger partial charge in [0.2, 0.25) is 0 Å². The number of amides is 4. The van der Waals surface area contributed by atoms with Crippen LogP contribution in [0, 0.1) is 13.8 Å². The molecule has 1 aromatic heterocycles. The van der Waals surface area contributed by atoms with Gasteiger partial charge in [-0.2, -0.15) is 5.10 Å². The first kappa shape index (κ1) is 23.8. The predicted molar refractivity (Wildman–Crippen MR) is 138 cm³/mol. The van der Waals surface area contributed by atoms with Crippen molar-refractivity contribution in [2.75, 3.05) is 13.1 Å². The fraction of sp³-hybridized carbons (Fsp3) is 0.259. The Hall–Kier alpha value is -3.91. The number of benzene rings is 2. The van der Waals surface area contributed by atoms with Crippen LogP contribution < -0.4 is 10.6 Å². The van der Waals surface area contributed by atoms with E-state index in [1.165, 1.54) is 0 Å². The number of carbonyl (C=O) groups excluding carboxylic acids is 3. The number of hydrogen-bond acceptors (Lipinski definition) is 4. The molecule has 4 amide bonds. The molecule has 0 unspecified atom stereocenters. The number of nitrogens with zero attached hydrogens (tertiary/aromatic N) is 3. The van der Waals surface area contributed by atoms with E-state index < -0.39 is 11.6 Å². The Kier molecular flexibility index (Phi) is 6.14. The van der Waals surface area contributed by atoms with Crippen molar-refractivity contribution in [3.05, 3.63) is 81.6 Å². The Balaban J connectivity index is 1.34. The minimum absolute atomic E-state index is 0.116. The Morgan fingerprint density at radius 1 is 1.03 bits per heavy atom. The van der Waals surface area contributed by atoms with E-state index in [1.54, 1.807) is 9.58 Å². The number of hydrogen-bond donors (Lipinski definition) is 2. The summed E-state index contributed by atoms with van der Waals surface area (Å²) < 4.78 is 1.79. The van der Waals surface area contributed by atoms with Crippen molar-refractivity contribution in [3.63, 3.8) is 0 Å². The van der Waals surface area contributed by atoms with Gasteiger partial charge in [-0.05, 0) is 62.1 Å². The topological polar surface area (TPSA) is 96.3 Å². The number of nitrogens with one attached hydrogen (secondary N) is 2. The number of likely N-dealkylation sites (tertiary alicyclic amines) is 1. The summed E-state index contributed by atoms with van der Waals surface area (Å²) in [5, 5.41) is 10.4. The Bertz CT molecular complexity index is 1380. The largest absolute Gasteiger partial charge is 0.338 e. The zero-order valence-corrected chi connectivity index (χ0v) is 20.8. The van der Waals surface area contributed by atoms with E-state index in [0.29, 0.717) is 42.2 Å². The SMILES string of the molecule is Cc1nn(-c2cccc(C=Cc3ccc(Cl)cc3)c2)c(C)c1C(=O)N1CCC2(CC1)NC(=O)NC2=O. The fourth-order valence-electron chi connectivity index (χ4n) is 4.86.